The molecule has 0 aliphatic rings. The Morgan fingerprint density at radius 1 is 1.11 bits per heavy atom. The van der Waals surface area contributed by atoms with Crippen LogP contribution in [-0.2, 0) is 30.2 Å². The Labute approximate surface area is 139 Å². The van der Waals surface area contributed by atoms with Crippen LogP contribution in [0.3, 0.4) is 0 Å². The van der Waals surface area contributed by atoms with Gasteiger partial charge in [0.25, 0.3) is 0 Å². The number of rotatable bonds is 3. The van der Waals surface area contributed by atoms with Crippen molar-refractivity contribution < 1.29 is 17.1 Å². The smallest absolute Gasteiger partial charge is 0.328 e. The van der Waals surface area contributed by atoms with Crippen LogP contribution in [0.1, 0.15) is 11.1 Å². The van der Waals surface area contributed by atoms with Gasteiger partial charge in [0.05, 0.1) is 0 Å². The predicted octanol–water partition coefficient (Wildman–Crippen LogP) is 3.17. The quantitative estimate of drug-likeness (QED) is 0.684. The van der Waals surface area contributed by atoms with Crippen molar-refractivity contribution in [1.82, 2.24) is 4.90 Å². The second-order valence-corrected chi connectivity index (χ2v) is 3.98. The van der Waals surface area contributed by atoms with Crippen LogP contribution in [0.5, 0.6) is 0 Å². The number of nitrogens with two attached hydrogens (primary N) is 1. The maximum Gasteiger partial charge on any atom is 2.00 e. The normalized spacial score (nSPS) is 8.42. The van der Waals surface area contributed by atoms with Crippen LogP contribution >= 0.6 is 24.8 Å². The van der Waals surface area contributed by atoms with Gasteiger partial charge in [0.15, 0.2) is 0 Å². The summed E-state index contributed by atoms with van der Waals surface area (Å²) in [4.78, 5) is 2.15. The molecule has 0 atom stereocenters. The van der Waals surface area contributed by atoms with E-state index in [1.54, 1.807) is 0 Å². The molecule has 0 fully saturated rings. The molecular formula is C14H22Cl2FeN2. The van der Waals surface area contributed by atoms with Crippen molar-refractivity contribution in [3.05, 3.63) is 59.7 Å². The van der Waals surface area contributed by atoms with Crippen LogP contribution in [0.2, 0.25) is 0 Å². The summed E-state index contributed by atoms with van der Waals surface area (Å²) in [5.41, 5.74) is 8.16. The molecule has 0 aromatic heterocycles. The van der Waals surface area contributed by atoms with Crippen molar-refractivity contribution >= 4 is 24.8 Å². The molecule has 0 aliphatic carbocycles. The van der Waals surface area contributed by atoms with Gasteiger partial charge in [0.1, 0.15) is 0 Å². The van der Waals surface area contributed by atoms with Crippen molar-refractivity contribution in [2.45, 2.75) is 13.1 Å². The maximum absolute atomic E-state index is 5.55. The zero-order valence-corrected chi connectivity index (χ0v) is 14.0. The number of halogens is 2. The van der Waals surface area contributed by atoms with E-state index in [0.29, 0.717) is 6.54 Å². The molecule has 2 rings (SSSR count). The summed E-state index contributed by atoms with van der Waals surface area (Å²) in [6.45, 7) is 1.63. The topological polar surface area (TPSA) is 29.3 Å². The van der Waals surface area contributed by atoms with Gasteiger partial charge < -0.3 is 10.6 Å². The van der Waals surface area contributed by atoms with E-state index in [0.717, 1.165) is 6.54 Å². The van der Waals surface area contributed by atoms with Gasteiger partial charge in [-0.2, -0.15) is 41.5 Å². The molecule has 2 N–H and O–H groups in total. The molecule has 0 saturated heterocycles. The molecular weight excluding hydrogens is 323 g/mol. The number of hydrogen-bond acceptors (Lipinski definition) is 2. The van der Waals surface area contributed by atoms with Crippen molar-refractivity contribution in [3.63, 3.8) is 0 Å². The van der Waals surface area contributed by atoms with Crippen LogP contribution < -0.4 is 5.73 Å². The van der Waals surface area contributed by atoms with E-state index in [1.807, 2.05) is 30.3 Å². The first-order valence-electron chi connectivity index (χ1n) is 5.49. The van der Waals surface area contributed by atoms with E-state index >= 15 is 0 Å². The van der Waals surface area contributed by atoms with Crippen molar-refractivity contribution in [1.29, 1.82) is 0 Å². The first-order chi connectivity index (χ1) is 7.74. The number of nitrogens with zero attached hydrogens (tertiary/aromatic N) is 1. The molecule has 5 heteroatoms. The average Bonchev–Trinajstić information content (AvgIpc) is 2.89. The molecule has 0 spiro atoms. The Morgan fingerprint density at radius 3 is 2.05 bits per heavy atom. The second-order valence-electron chi connectivity index (χ2n) is 3.98. The monoisotopic (exact) mass is 344 g/mol. The van der Waals surface area contributed by atoms with Gasteiger partial charge in [-0.05, 0) is 27.2 Å². The van der Waals surface area contributed by atoms with E-state index < -0.39 is 0 Å². The van der Waals surface area contributed by atoms with Gasteiger partial charge in [-0.25, -0.2) is 18.2 Å². The molecule has 2 aromatic carbocycles. The fraction of sp³-hybridized carbons (Fsp3) is 0.286. The van der Waals surface area contributed by atoms with E-state index in [1.165, 1.54) is 11.1 Å². The van der Waals surface area contributed by atoms with Crippen molar-refractivity contribution in [2.75, 3.05) is 14.1 Å². The van der Waals surface area contributed by atoms with Crippen molar-refractivity contribution in [3.8, 4) is 0 Å². The van der Waals surface area contributed by atoms with Crippen LogP contribution in [0.4, 0.5) is 0 Å². The van der Waals surface area contributed by atoms with Crippen molar-refractivity contribution in [2.24, 2.45) is 5.73 Å². The standard InChI is InChI=1S/C9H15N2.C5H5.2ClH.Fe/c1-11(2)7-9-5-3-4-8(9)6-10;1-2-4-5-3-1;;;/h3-5H,6-7,10H2,1-2H3;1-5H;2*1H;/q2*-1;;;+2. The second kappa shape index (κ2) is 14.1. The molecule has 0 heterocycles. The van der Waals surface area contributed by atoms with Gasteiger partial charge in [-0.15, -0.1) is 24.8 Å². The predicted molar refractivity (Wildman–Crippen MR) is 83.8 cm³/mol. The minimum atomic E-state index is 0. The molecule has 0 amide bonds. The molecule has 0 radical (unpaired) electrons. The molecule has 0 bridgehead atoms. The summed E-state index contributed by atoms with van der Waals surface area (Å²) < 4.78 is 0. The average molecular weight is 345 g/mol. The Kier molecular flexibility index (Phi) is 17.7. The van der Waals surface area contributed by atoms with Crippen LogP contribution in [0.25, 0.3) is 0 Å². The third-order valence-electron chi connectivity index (χ3n) is 2.27. The molecule has 0 aliphatic heterocycles. The Balaban J connectivity index is -0.000000277. The van der Waals surface area contributed by atoms with E-state index in [2.05, 4.69) is 37.2 Å². The summed E-state index contributed by atoms with van der Waals surface area (Å²) >= 11 is 0. The van der Waals surface area contributed by atoms with Gasteiger partial charge >= 0.3 is 17.1 Å². The van der Waals surface area contributed by atoms with Crippen LogP contribution in [0.15, 0.2) is 48.5 Å². The molecule has 19 heavy (non-hydrogen) atoms. The summed E-state index contributed by atoms with van der Waals surface area (Å²) in [5.74, 6) is 0. The zero-order chi connectivity index (χ0) is 11.8. The maximum atomic E-state index is 5.55. The minimum Gasteiger partial charge on any atom is -0.328 e. The Hall–Kier alpha value is -0.281. The number of hydrogen-bond donors (Lipinski definition) is 1. The molecule has 0 unspecified atom stereocenters. The van der Waals surface area contributed by atoms with Gasteiger partial charge in [0.2, 0.25) is 0 Å². The fourth-order valence-corrected chi connectivity index (χ4v) is 1.51. The zero-order valence-electron chi connectivity index (χ0n) is 11.2. The Bertz CT molecular complexity index is 355. The summed E-state index contributed by atoms with van der Waals surface area (Å²) in [6.07, 6.45) is 0. The van der Waals surface area contributed by atoms with E-state index in [9.17, 15) is 0 Å². The van der Waals surface area contributed by atoms with Crippen LogP contribution in [0, 0.1) is 0 Å². The minimum absolute atomic E-state index is 0. The van der Waals surface area contributed by atoms with E-state index in [-0.39, 0.29) is 41.9 Å². The molecule has 0 saturated carbocycles. The third kappa shape index (κ3) is 10.2. The third-order valence-corrected chi connectivity index (χ3v) is 2.27. The molecule has 2 nitrogen and oxygen atoms in total. The Morgan fingerprint density at radius 2 is 1.68 bits per heavy atom. The van der Waals surface area contributed by atoms with Crippen LogP contribution in [-0.4, -0.2) is 19.0 Å². The summed E-state index contributed by atoms with van der Waals surface area (Å²) in [6, 6.07) is 16.3. The first kappa shape index (κ1) is 23.8. The van der Waals surface area contributed by atoms with Gasteiger partial charge in [-0.1, -0.05) is 0 Å². The first-order valence-corrected chi connectivity index (χ1v) is 5.49. The summed E-state index contributed by atoms with van der Waals surface area (Å²) in [7, 11) is 4.13. The fourth-order valence-electron chi connectivity index (χ4n) is 1.51. The van der Waals surface area contributed by atoms with Gasteiger partial charge in [-0.3, -0.25) is 0 Å². The molecule has 2 aromatic rings. The largest absolute Gasteiger partial charge is 2.00 e. The van der Waals surface area contributed by atoms with Gasteiger partial charge in [0, 0.05) is 0 Å². The summed E-state index contributed by atoms with van der Waals surface area (Å²) in [5, 5.41) is 0. The molecule has 110 valence electrons. The van der Waals surface area contributed by atoms with E-state index in [4.69, 9.17) is 5.73 Å². The SMILES string of the molecule is CN(C)Cc1cc[cH-]c1CN.Cl.Cl.[Fe+2].c1cc[cH-]c1.